The highest BCUT2D eigenvalue weighted by molar-refractivity contribution is 9.10. The highest BCUT2D eigenvalue weighted by Gasteiger charge is 2.17. The van der Waals surface area contributed by atoms with Crippen LogP contribution in [0, 0.1) is 5.92 Å². The first-order valence-corrected chi connectivity index (χ1v) is 6.68. The predicted molar refractivity (Wildman–Crippen MR) is 70.8 cm³/mol. The molecule has 1 aliphatic rings. The Morgan fingerprint density at radius 2 is 2.24 bits per heavy atom. The van der Waals surface area contributed by atoms with Crippen molar-refractivity contribution < 1.29 is 9.53 Å². The molecule has 0 saturated heterocycles. The lowest BCUT2D eigenvalue weighted by atomic mass is 9.83. The van der Waals surface area contributed by atoms with Gasteiger partial charge in [0.25, 0.3) is 0 Å². The van der Waals surface area contributed by atoms with Crippen molar-refractivity contribution >= 4 is 27.6 Å². The maximum Gasteiger partial charge on any atom is 0.338 e. The largest absolute Gasteiger partial charge is 0.462 e. The fourth-order valence-electron chi connectivity index (χ4n) is 1.84. The van der Waals surface area contributed by atoms with E-state index in [1.54, 1.807) is 18.2 Å². The molecule has 0 heterocycles. The Balaban J connectivity index is 1.83. The maximum atomic E-state index is 11.7. The van der Waals surface area contributed by atoms with Crippen LogP contribution >= 0.6 is 15.9 Å². The standard InChI is InChI=1S/C13H16BrNO2/c14-11-8-10(4-5-12(11)15)13(16)17-7-6-9-2-1-3-9/h4-5,8-9H,1-3,6-7,15H2. The summed E-state index contributed by atoms with van der Waals surface area (Å²) in [6, 6.07) is 5.08. The molecule has 2 N–H and O–H groups in total. The number of carbonyl (C=O) groups is 1. The number of hydrogen-bond acceptors (Lipinski definition) is 3. The van der Waals surface area contributed by atoms with Crippen molar-refractivity contribution in [1.82, 2.24) is 0 Å². The number of benzene rings is 1. The summed E-state index contributed by atoms with van der Waals surface area (Å²) >= 11 is 3.29. The smallest absolute Gasteiger partial charge is 0.338 e. The molecule has 0 amide bonds. The minimum Gasteiger partial charge on any atom is -0.462 e. The molecule has 1 aromatic rings. The first-order chi connectivity index (χ1) is 8.16. The lowest BCUT2D eigenvalue weighted by Crippen LogP contribution is -2.15. The van der Waals surface area contributed by atoms with E-state index < -0.39 is 0 Å². The van der Waals surface area contributed by atoms with E-state index in [1.165, 1.54) is 19.3 Å². The highest BCUT2D eigenvalue weighted by atomic mass is 79.9. The van der Waals surface area contributed by atoms with Crippen LogP contribution in [-0.2, 0) is 4.74 Å². The summed E-state index contributed by atoms with van der Waals surface area (Å²) in [5.74, 6) is 0.492. The monoisotopic (exact) mass is 297 g/mol. The Bertz CT molecular complexity index is 416. The Hall–Kier alpha value is -1.03. The summed E-state index contributed by atoms with van der Waals surface area (Å²) < 4.78 is 5.96. The number of hydrogen-bond donors (Lipinski definition) is 1. The maximum absolute atomic E-state index is 11.7. The van der Waals surface area contributed by atoms with Gasteiger partial charge in [0.05, 0.1) is 12.2 Å². The molecule has 0 aliphatic heterocycles. The molecule has 0 radical (unpaired) electrons. The summed E-state index contributed by atoms with van der Waals surface area (Å²) in [4.78, 5) is 11.7. The van der Waals surface area contributed by atoms with Crippen molar-refractivity contribution in [3.05, 3.63) is 28.2 Å². The number of ether oxygens (including phenoxy) is 1. The minimum atomic E-state index is -0.273. The SMILES string of the molecule is Nc1ccc(C(=O)OCCC2CCC2)cc1Br. The molecule has 0 bridgehead atoms. The van der Waals surface area contributed by atoms with Gasteiger partial charge in [-0.3, -0.25) is 0 Å². The van der Waals surface area contributed by atoms with Gasteiger partial charge in [-0.15, -0.1) is 0 Å². The average Bonchev–Trinajstić information content (AvgIpc) is 2.25. The molecule has 3 nitrogen and oxygen atoms in total. The summed E-state index contributed by atoms with van der Waals surface area (Å²) in [7, 11) is 0. The molecular weight excluding hydrogens is 282 g/mol. The van der Waals surface area contributed by atoms with E-state index in [0.29, 0.717) is 17.9 Å². The molecule has 0 unspecified atom stereocenters. The molecule has 17 heavy (non-hydrogen) atoms. The zero-order valence-corrected chi connectivity index (χ0v) is 11.2. The first-order valence-electron chi connectivity index (χ1n) is 5.89. The van der Waals surface area contributed by atoms with Crippen molar-refractivity contribution in [2.24, 2.45) is 5.92 Å². The van der Waals surface area contributed by atoms with Gasteiger partial charge in [0.15, 0.2) is 0 Å². The number of esters is 1. The fourth-order valence-corrected chi connectivity index (χ4v) is 2.22. The van der Waals surface area contributed by atoms with E-state index in [0.717, 1.165) is 16.8 Å². The van der Waals surface area contributed by atoms with Crippen molar-refractivity contribution in [3.8, 4) is 0 Å². The molecule has 1 aromatic carbocycles. The van der Waals surface area contributed by atoms with Crippen molar-refractivity contribution in [1.29, 1.82) is 0 Å². The van der Waals surface area contributed by atoms with E-state index in [2.05, 4.69) is 15.9 Å². The van der Waals surface area contributed by atoms with Crippen LogP contribution < -0.4 is 5.73 Å². The normalized spacial score (nSPS) is 15.4. The summed E-state index contributed by atoms with van der Waals surface area (Å²) in [6.07, 6.45) is 4.88. The Morgan fingerprint density at radius 3 is 2.82 bits per heavy atom. The van der Waals surface area contributed by atoms with Crippen LogP contribution in [0.1, 0.15) is 36.0 Å². The number of carbonyl (C=O) groups excluding carboxylic acids is 1. The lowest BCUT2D eigenvalue weighted by Gasteiger charge is -2.24. The number of anilines is 1. The van der Waals surface area contributed by atoms with Gasteiger partial charge in [0.1, 0.15) is 0 Å². The summed E-state index contributed by atoms with van der Waals surface area (Å²) in [5, 5.41) is 0. The van der Waals surface area contributed by atoms with Gasteiger partial charge in [0, 0.05) is 10.2 Å². The molecule has 0 atom stereocenters. The van der Waals surface area contributed by atoms with Crippen LogP contribution in [0.2, 0.25) is 0 Å². The van der Waals surface area contributed by atoms with Crippen LogP contribution in [0.4, 0.5) is 5.69 Å². The number of nitrogen functional groups attached to an aromatic ring is 1. The molecule has 92 valence electrons. The third kappa shape index (κ3) is 3.22. The van der Waals surface area contributed by atoms with E-state index in [4.69, 9.17) is 10.5 Å². The molecule has 1 saturated carbocycles. The van der Waals surface area contributed by atoms with E-state index in [9.17, 15) is 4.79 Å². The van der Waals surface area contributed by atoms with Gasteiger partial charge in [-0.05, 0) is 46.5 Å². The zero-order valence-electron chi connectivity index (χ0n) is 9.62. The van der Waals surface area contributed by atoms with Gasteiger partial charge in [-0.1, -0.05) is 19.3 Å². The van der Waals surface area contributed by atoms with Gasteiger partial charge in [0.2, 0.25) is 0 Å². The van der Waals surface area contributed by atoms with Gasteiger partial charge >= 0.3 is 5.97 Å². The van der Waals surface area contributed by atoms with E-state index >= 15 is 0 Å². The van der Waals surface area contributed by atoms with E-state index in [-0.39, 0.29) is 5.97 Å². The minimum absolute atomic E-state index is 0.273. The van der Waals surface area contributed by atoms with Gasteiger partial charge < -0.3 is 10.5 Å². The highest BCUT2D eigenvalue weighted by Crippen LogP contribution is 2.29. The fraction of sp³-hybridized carbons (Fsp3) is 0.462. The molecule has 4 heteroatoms. The average molecular weight is 298 g/mol. The molecule has 0 spiro atoms. The molecule has 1 fully saturated rings. The van der Waals surface area contributed by atoms with Gasteiger partial charge in [-0.2, -0.15) is 0 Å². The van der Waals surface area contributed by atoms with Crippen molar-refractivity contribution in [3.63, 3.8) is 0 Å². The number of halogens is 1. The second-order valence-electron chi connectivity index (χ2n) is 4.46. The zero-order chi connectivity index (χ0) is 12.3. The quantitative estimate of drug-likeness (QED) is 0.685. The molecule has 1 aliphatic carbocycles. The summed E-state index contributed by atoms with van der Waals surface area (Å²) in [6.45, 7) is 0.519. The van der Waals surface area contributed by atoms with Crippen molar-refractivity contribution in [2.45, 2.75) is 25.7 Å². The Kier molecular flexibility index (Phi) is 4.05. The topological polar surface area (TPSA) is 52.3 Å². The number of rotatable bonds is 4. The predicted octanol–water partition coefficient (Wildman–Crippen LogP) is 3.38. The van der Waals surface area contributed by atoms with E-state index in [1.807, 2.05) is 0 Å². The second-order valence-corrected chi connectivity index (χ2v) is 5.31. The third-order valence-corrected chi connectivity index (χ3v) is 3.91. The third-order valence-electron chi connectivity index (χ3n) is 3.22. The molecular formula is C13H16BrNO2. The van der Waals surface area contributed by atoms with Gasteiger partial charge in [-0.25, -0.2) is 4.79 Å². The van der Waals surface area contributed by atoms with Crippen LogP contribution in [0.25, 0.3) is 0 Å². The van der Waals surface area contributed by atoms with Crippen LogP contribution in [0.3, 0.4) is 0 Å². The van der Waals surface area contributed by atoms with Crippen LogP contribution in [0.15, 0.2) is 22.7 Å². The Morgan fingerprint density at radius 1 is 1.47 bits per heavy atom. The molecule has 2 rings (SSSR count). The first kappa shape index (κ1) is 12.4. The van der Waals surface area contributed by atoms with Crippen LogP contribution in [0.5, 0.6) is 0 Å². The second kappa shape index (κ2) is 5.54. The Labute approximate surface area is 109 Å². The summed E-state index contributed by atoms with van der Waals surface area (Å²) in [5.41, 5.74) is 6.82. The van der Waals surface area contributed by atoms with Crippen molar-refractivity contribution in [2.75, 3.05) is 12.3 Å². The lowest BCUT2D eigenvalue weighted by molar-refractivity contribution is 0.0464. The number of nitrogens with two attached hydrogens (primary N) is 1. The van der Waals surface area contributed by atoms with Crippen LogP contribution in [-0.4, -0.2) is 12.6 Å². The molecule has 0 aromatic heterocycles.